The molecular formula is C15H27F3O6. The Labute approximate surface area is 140 Å². The Hall–Kier alpha value is -0.900. The van der Waals surface area contributed by atoms with Gasteiger partial charge in [-0.15, -0.1) is 0 Å². The Morgan fingerprint density at radius 1 is 0.708 bits per heavy atom. The predicted octanol–water partition coefficient (Wildman–Crippen LogP) is 2.35. The highest BCUT2D eigenvalue weighted by molar-refractivity contribution is 5.75. The van der Waals surface area contributed by atoms with Gasteiger partial charge >= 0.3 is 12.1 Å². The highest BCUT2D eigenvalue weighted by atomic mass is 19.4. The molecular weight excluding hydrogens is 333 g/mol. The van der Waals surface area contributed by atoms with Crippen molar-refractivity contribution < 1.29 is 41.7 Å². The fraction of sp³-hybridized carbons (Fsp3) is 0.933. The van der Waals surface area contributed by atoms with E-state index in [1.54, 1.807) is 0 Å². The quantitative estimate of drug-likeness (QED) is 0.311. The zero-order valence-corrected chi connectivity index (χ0v) is 14.1. The Morgan fingerprint density at radius 3 is 1.54 bits per heavy atom. The van der Waals surface area contributed by atoms with Crippen molar-refractivity contribution in [2.75, 3.05) is 59.5 Å². The molecule has 144 valence electrons. The Kier molecular flexibility index (Phi) is 15.0. The van der Waals surface area contributed by atoms with Crippen LogP contribution in [0.5, 0.6) is 0 Å². The summed E-state index contributed by atoms with van der Waals surface area (Å²) < 4.78 is 60.1. The number of hydrogen-bond acceptors (Lipinski definition) is 6. The normalized spacial score (nSPS) is 11.7. The summed E-state index contributed by atoms with van der Waals surface area (Å²) in [4.78, 5) is 10.4. The minimum Gasteiger partial charge on any atom is -0.457 e. The number of esters is 1. The number of ether oxygens (including phenoxy) is 5. The van der Waals surface area contributed by atoms with Crippen LogP contribution in [0.1, 0.15) is 26.2 Å². The van der Waals surface area contributed by atoms with Crippen molar-refractivity contribution in [2.24, 2.45) is 0 Å². The molecule has 0 radical (unpaired) electrons. The van der Waals surface area contributed by atoms with Crippen LogP contribution in [-0.2, 0) is 28.5 Å². The molecule has 9 heteroatoms. The lowest BCUT2D eigenvalue weighted by molar-refractivity contribution is -0.200. The molecule has 0 fully saturated rings. The molecule has 0 atom stereocenters. The molecule has 0 amide bonds. The van der Waals surface area contributed by atoms with Crippen LogP contribution in [0, 0.1) is 0 Å². The van der Waals surface area contributed by atoms with E-state index >= 15 is 0 Å². The van der Waals surface area contributed by atoms with E-state index in [0.717, 1.165) is 13.0 Å². The van der Waals surface area contributed by atoms with Crippen molar-refractivity contribution in [3.63, 3.8) is 0 Å². The first-order valence-electron chi connectivity index (χ1n) is 8.03. The molecule has 0 aliphatic carbocycles. The summed E-state index contributed by atoms with van der Waals surface area (Å²) in [6, 6.07) is 0. The van der Waals surface area contributed by atoms with E-state index in [1.165, 1.54) is 12.8 Å². The minimum atomic E-state index is -4.97. The maximum atomic E-state index is 11.8. The SMILES string of the molecule is CCCCCOCCOCCOCCOCCOC(=O)C(F)(F)F. The zero-order valence-electron chi connectivity index (χ0n) is 14.1. The van der Waals surface area contributed by atoms with Crippen molar-refractivity contribution in [1.82, 2.24) is 0 Å². The first-order valence-corrected chi connectivity index (χ1v) is 8.03. The van der Waals surface area contributed by atoms with Gasteiger partial charge in [0.15, 0.2) is 0 Å². The fourth-order valence-corrected chi connectivity index (χ4v) is 1.49. The van der Waals surface area contributed by atoms with Gasteiger partial charge in [-0.1, -0.05) is 19.8 Å². The van der Waals surface area contributed by atoms with Crippen LogP contribution >= 0.6 is 0 Å². The predicted molar refractivity (Wildman–Crippen MR) is 79.8 cm³/mol. The van der Waals surface area contributed by atoms with Gasteiger partial charge in [0.25, 0.3) is 0 Å². The van der Waals surface area contributed by atoms with Crippen LogP contribution in [-0.4, -0.2) is 71.6 Å². The van der Waals surface area contributed by atoms with Crippen LogP contribution in [0.3, 0.4) is 0 Å². The molecule has 0 rings (SSSR count). The molecule has 0 aromatic carbocycles. The van der Waals surface area contributed by atoms with Crippen LogP contribution in [0.25, 0.3) is 0 Å². The summed E-state index contributed by atoms with van der Waals surface area (Å²) in [7, 11) is 0. The molecule has 0 N–H and O–H groups in total. The first kappa shape index (κ1) is 23.1. The highest BCUT2D eigenvalue weighted by Crippen LogP contribution is 2.16. The number of alkyl halides is 3. The summed E-state index contributed by atoms with van der Waals surface area (Å²) in [5.74, 6) is -2.21. The molecule has 0 saturated heterocycles. The van der Waals surface area contributed by atoms with Crippen molar-refractivity contribution in [3.05, 3.63) is 0 Å². The summed E-state index contributed by atoms with van der Waals surface area (Å²) in [5, 5.41) is 0. The van der Waals surface area contributed by atoms with Gasteiger partial charge in [-0.25, -0.2) is 4.79 Å². The molecule has 6 nitrogen and oxygen atoms in total. The van der Waals surface area contributed by atoms with Gasteiger partial charge in [0.05, 0.1) is 46.2 Å². The summed E-state index contributed by atoms with van der Waals surface area (Å²) in [6.07, 6.45) is -1.57. The second kappa shape index (κ2) is 15.6. The molecule has 0 unspecified atom stereocenters. The molecule has 0 aromatic heterocycles. The van der Waals surface area contributed by atoms with Crippen LogP contribution in [0.2, 0.25) is 0 Å². The van der Waals surface area contributed by atoms with Crippen molar-refractivity contribution in [2.45, 2.75) is 32.4 Å². The number of carbonyl (C=O) groups is 1. The molecule has 0 aromatic rings. The van der Waals surface area contributed by atoms with E-state index in [4.69, 9.17) is 18.9 Å². The van der Waals surface area contributed by atoms with E-state index < -0.39 is 18.8 Å². The first-order chi connectivity index (χ1) is 11.5. The van der Waals surface area contributed by atoms with E-state index in [-0.39, 0.29) is 19.8 Å². The molecule has 0 saturated carbocycles. The monoisotopic (exact) mass is 360 g/mol. The van der Waals surface area contributed by atoms with E-state index in [2.05, 4.69) is 11.7 Å². The van der Waals surface area contributed by atoms with Gasteiger partial charge in [0.2, 0.25) is 0 Å². The van der Waals surface area contributed by atoms with Crippen molar-refractivity contribution in [3.8, 4) is 0 Å². The van der Waals surface area contributed by atoms with E-state index in [0.29, 0.717) is 26.4 Å². The van der Waals surface area contributed by atoms with Crippen LogP contribution in [0.15, 0.2) is 0 Å². The van der Waals surface area contributed by atoms with Gasteiger partial charge in [0, 0.05) is 6.61 Å². The molecule has 0 aliphatic rings. The lowest BCUT2D eigenvalue weighted by atomic mass is 10.3. The molecule has 24 heavy (non-hydrogen) atoms. The fourth-order valence-electron chi connectivity index (χ4n) is 1.49. The zero-order chi connectivity index (χ0) is 18.1. The number of hydrogen-bond donors (Lipinski definition) is 0. The topological polar surface area (TPSA) is 63.2 Å². The standard InChI is InChI=1S/C15H27F3O6/c1-2-3-4-5-20-6-7-21-8-9-22-10-11-23-12-13-24-14(19)15(16,17)18/h2-13H2,1H3. The number of halogens is 3. The Morgan fingerprint density at radius 2 is 1.12 bits per heavy atom. The largest absolute Gasteiger partial charge is 0.490 e. The highest BCUT2D eigenvalue weighted by Gasteiger charge is 2.40. The smallest absolute Gasteiger partial charge is 0.457 e. The molecule has 0 aliphatic heterocycles. The third kappa shape index (κ3) is 16.0. The second-order valence-electron chi connectivity index (χ2n) is 4.79. The Bertz CT molecular complexity index is 299. The number of rotatable bonds is 16. The minimum absolute atomic E-state index is 0.114. The number of unbranched alkanes of at least 4 members (excludes halogenated alkanes) is 2. The third-order valence-corrected chi connectivity index (χ3v) is 2.70. The third-order valence-electron chi connectivity index (χ3n) is 2.70. The lowest BCUT2D eigenvalue weighted by Crippen LogP contribution is -2.26. The van der Waals surface area contributed by atoms with Gasteiger partial charge < -0.3 is 23.7 Å². The maximum Gasteiger partial charge on any atom is 0.490 e. The summed E-state index contributed by atoms with van der Waals surface area (Å²) in [5.41, 5.74) is 0. The molecule has 0 spiro atoms. The molecule has 0 bridgehead atoms. The van der Waals surface area contributed by atoms with Gasteiger partial charge in [-0.3, -0.25) is 0 Å². The van der Waals surface area contributed by atoms with Crippen LogP contribution < -0.4 is 0 Å². The van der Waals surface area contributed by atoms with Crippen LogP contribution in [0.4, 0.5) is 13.2 Å². The lowest BCUT2D eigenvalue weighted by Gasteiger charge is -2.08. The average Bonchev–Trinajstić information content (AvgIpc) is 2.53. The van der Waals surface area contributed by atoms with E-state index in [9.17, 15) is 18.0 Å². The van der Waals surface area contributed by atoms with Gasteiger partial charge in [-0.2, -0.15) is 13.2 Å². The van der Waals surface area contributed by atoms with Crippen molar-refractivity contribution in [1.29, 1.82) is 0 Å². The Balaban J connectivity index is 3.12. The van der Waals surface area contributed by atoms with E-state index in [1.807, 2.05) is 0 Å². The number of carbonyl (C=O) groups excluding carboxylic acids is 1. The average molecular weight is 360 g/mol. The molecule has 0 heterocycles. The van der Waals surface area contributed by atoms with Crippen molar-refractivity contribution >= 4 is 5.97 Å². The summed E-state index contributed by atoms with van der Waals surface area (Å²) >= 11 is 0. The van der Waals surface area contributed by atoms with Gasteiger partial charge in [-0.05, 0) is 6.42 Å². The second-order valence-corrected chi connectivity index (χ2v) is 4.79. The van der Waals surface area contributed by atoms with Gasteiger partial charge in [0.1, 0.15) is 6.61 Å². The summed E-state index contributed by atoms with van der Waals surface area (Å²) in [6.45, 7) is 4.70. The maximum absolute atomic E-state index is 11.8.